The number of carbonyl (C=O) groups excluding carboxylic acids is 2. The van der Waals surface area contributed by atoms with Gasteiger partial charge in [-0.25, -0.2) is 4.98 Å². The largest absolute Gasteiger partial charge is 0.494 e. The Balaban J connectivity index is 1.25. The van der Waals surface area contributed by atoms with Gasteiger partial charge in [0.25, 0.3) is 0 Å². The molecule has 1 saturated heterocycles. The van der Waals surface area contributed by atoms with E-state index in [1.807, 2.05) is 25.1 Å². The number of fused-ring (bicyclic) bond motifs is 1. The van der Waals surface area contributed by atoms with Crippen molar-refractivity contribution in [1.82, 2.24) is 9.88 Å². The van der Waals surface area contributed by atoms with Gasteiger partial charge < -0.3 is 24.8 Å². The molecule has 2 N–H and O–H groups in total. The number of nitrogens with zero attached hydrogens (tertiary/aromatic N) is 2. The minimum atomic E-state index is -0.110. The predicted octanol–water partition coefficient (Wildman–Crippen LogP) is 4.00. The minimum Gasteiger partial charge on any atom is -0.494 e. The normalized spacial score (nSPS) is 14.5. The number of thiazole rings is 1. The number of methoxy groups -OCH3 is 2. The molecule has 9 nitrogen and oxygen atoms in total. The maximum Gasteiger partial charge on any atom is 0.238 e. The van der Waals surface area contributed by atoms with E-state index < -0.39 is 0 Å². The van der Waals surface area contributed by atoms with Crippen molar-refractivity contribution in [2.24, 2.45) is 5.92 Å². The van der Waals surface area contributed by atoms with Crippen LogP contribution in [0.15, 0.2) is 36.4 Å². The lowest BCUT2D eigenvalue weighted by molar-refractivity contribution is -0.121. The van der Waals surface area contributed by atoms with Crippen molar-refractivity contribution in [3.63, 3.8) is 0 Å². The zero-order valence-corrected chi connectivity index (χ0v) is 20.9. The molecule has 4 rings (SSSR count). The molecule has 35 heavy (non-hydrogen) atoms. The molecule has 0 aliphatic carbocycles. The lowest BCUT2D eigenvalue weighted by Gasteiger charge is -2.30. The van der Waals surface area contributed by atoms with E-state index >= 15 is 0 Å². The number of aromatic nitrogens is 1. The van der Waals surface area contributed by atoms with Crippen LogP contribution in [0.1, 0.15) is 19.8 Å². The van der Waals surface area contributed by atoms with E-state index in [1.165, 1.54) is 11.3 Å². The second-order valence-electron chi connectivity index (χ2n) is 8.24. The highest BCUT2D eigenvalue weighted by Gasteiger charge is 2.26. The summed E-state index contributed by atoms with van der Waals surface area (Å²) in [6.45, 7) is 4.16. The van der Waals surface area contributed by atoms with Crippen LogP contribution in [-0.4, -0.2) is 62.2 Å². The number of nitrogens with one attached hydrogen (secondary N) is 2. The Morgan fingerprint density at radius 2 is 1.83 bits per heavy atom. The summed E-state index contributed by atoms with van der Waals surface area (Å²) in [5.41, 5.74) is 1.48. The molecule has 0 radical (unpaired) electrons. The first kappa shape index (κ1) is 24.7. The molecule has 1 aliphatic rings. The van der Waals surface area contributed by atoms with Gasteiger partial charge in [0.15, 0.2) is 16.6 Å². The Kier molecular flexibility index (Phi) is 8.04. The number of benzene rings is 2. The number of likely N-dealkylation sites (tertiary alicyclic amines) is 1. The fraction of sp³-hybridized carbons (Fsp3) is 0.400. The van der Waals surface area contributed by atoms with Crippen LogP contribution in [0.2, 0.25) is 0 Å². The van der Waals surface area contributed by atoms with Gasteiger partial charge in [-0.05, 0) is 63.2 Å². The topological polar surface area (TPSA) is 102 Å². The molecule has 0 bridgehead atoms. The maximum atomic E-state index is 12.8. The number of anilines is 2. The third-order valence-electron chi connectivity index (χ3n) is 5.89. The van der Waals surface area contributed by atoms with Crippen molar-refractivity contribution in [3.05, 3.63) is 36.4 Å². The summed E-state index contributed by atoms with van der Waals surface area (Å²) in [5, 5.41) is 6.46. The highest BCUT2D eigenvalue weighted by atomic mass is 32.1. The van der Waals surface area contributed by atoms with Crippen LogP contribution in [0.25, 0.3) is 10.2 Å². The maximum absolute atomic E-state index is 12.8. The molecule has 1 aliphatic heterocycles. The van der Waals surface area contributed by atoms with E-state index in [-0.39, 0.29) is 24.3 Å². The molecule has 0 unspecified atom stereocenters. The number of ether oxygens (including phenoxy) is 3. The molecule has 3 aromatic rings. The standard InChI is InChI=1S/C25H30N4O5S/c1-4-34-18-6-7-19-22(14-18)35-25(27-19)28-24(31)16-9-11-29(12-10-16)15-23(30)26-17-5-8-20(32-2)21(13-17)33-3/h5-8,13-14,16H,4,9-12,15H2,1-3H3,(H,26,30)(H,27,28,31). The van der Waals surface area contributed by atoms with E-state index in [1.54, 1.807) is 32.4 Å². The van der Waals surface area contributed by atoms with Gasteiger partial charge in [-0.3, -0.25) is 14.5 Å². The van der Waals surface area contributed by atoms with Gasteiger partial charge in [-0.2, -0.15) is 0 Å². The quantitative estimate of drug-likeness (QED) is 0.460. The Hall–Kier alpha value is -3.37. The molecule has 10 heteroatoms. The van der Waals surface area contributed by atoms with Crippen LogP contribution in [0.4, 0.5) is 10.8 Å². The van der Waals surface area contributed by atoms with Crippen LogP contribution in [0, 0.1) is 5.92 Å². The van der Waals surface area contributed by atoms with Crippen molar-refractivity contribution in [1.29, 1.82) is 0 Å². The van der Waals surface area contributed by atoms with E-state index in [0.717, 1.165) is 16.0 Å². The monoisotopic (exact) mass is 498 g/mol. The van der Waals surface area contributed by atoms with E-state index in [0.29, 0.717) is 54.9 Å². The molecule has 2 amide bonds. The van der Waals surface area contributed by atoms with Crippen molar-refractivity contribution in [3.8, 4) is 17.2 Å². The molecule has 0 atom stereocenters. The molecule has 1 aromatic heterocycles. The number of rotatable bonds is 9. The Morgan fingerprint density at radius 1 is 1.06 bits per heavy atom. The summed E-state index contributed by atoms with van der Waals surface area (Å²) >= 11 is 1.44. The smallest absolute Gasteiger partial charge is 0.238 e. The van der Waals surface area contributed by atoms with Crippen molar-refractivity contribution >= 4 is 44.2 Å². The third kappa shape index (κ3) is 6.20. The van der Waals surface area contributed by atoms with Gasteiger partial charge in [-0.15, -0.1) is 0 Å². The van der Waals surface area contributed by atoms with Gasteiger partial charge in [0.2, 0.25) is 11.8 Å². The molecule has 2 aromatic carbocycles. The molecular weight excluding hydrogens is 468 g/mol. The lowest BCUT2D eigenvalue weighted by atomic mass is 9.96. The van der Waals surface area contributed by atoms with Crippen LogP contribution in [0.5, 0.6) is 17.2 Å². The molecule has 186 valence electrons. The second-order valence-corrected chi connectivity index (χ2v) is 9.27. The van der Waals surface area contributed by atoms with Gasteiger partial charge in [0, 0.05) is 17.7 Å². The van der Waals surface area contributed by atoms with E-state index in [4.69, 9.17) is 14.2 Å². The van der Waals surface area contributed by atoms with Crippen LogP contribution < -0.4 is 24.8 Å². The first-order valence-corrected chi connectivity index (χ1v) is 12.4. The van der Waals surface area contributed by atoms with Crippen molar-refractivity contribution in [2.75, 3.05) is 51.1 Å². The number of piperidine rings is 1. The predicted molar refractivity (Wildman–Crippen MR) is 137 cm³/mol. The van der Waals surface area contributed by atoms with Crippen molar-refractivity contribution in [2.45, 2.75) is 19.8 Å². The van der Waals surface area contributed by atoms with Gasteiger partial charge in [0.1, 0.15) is 5.75 Å². The van der Waals surface area contributed by atoms with Crippen LogP contribution in [0.3, 0.4) is 0 Å². The first-order valence-electron chi connectivity index (χ1n) is 11.6. The zero-order chi connectivity index (χ0) is 24.8. The van der Waals surface area contributed by atoms with Crippen molar-refractivity contribution < 1.29 is 23.8 Å². The molecule has 0 spiro atoms. The van der Waals surface area contributed by atoms with Crippen LogP contribution in [-0.2, 0) is 9.59 Å². The summed E-state index contributed by atoms with van der Waals surface area (Å²) in [5.74, 6) is 1.71. The number of amides is 2. The van der Waals surface area contributed by atoms with Gasteiger partial charge >= 0.3 is 0 Å². The highest BCUT2D eigenvalue weighted by Crippen LogP contribution is 2.31. The molecule has 0 saturated carbocycles. The fourth-order valence-electron chi connectivity index (χ4n) is 4.09. The molecule has 1 fully saturated rings. The molecule has 2 heterocycles. The average Bonchev–Trinajstić information content (AvgIpc) is 3.26. The first-order chi connectivity index (χ1) is 17.0. The van der Waals surface area contributed by atoms with E-state index in [9.17, 15) is 9.59 Å². The SMILES string of the molecule is CCOc1ccc2nc(NC(=O)C3CCN(CC(=O)Nc4ccc(OC)c(OC)c4)CC3)sc2c1. The Labute approximate surface area is 208 Å². The third-order valence-corrected chi connectivity index (χ3v) is 6.83. The van der Waals surface area contributed by atoms with E-state index in [2.05, 4.69) is 20.5 Å². The summed E-state index contributed by atoms with van der Waals surface area (Å²) in [6, 6.07) is 11.0. The summed E-state index contributed by atoms with van der Waals surface area (Å²) in [4.78, 5) is 31.9. The van der Waals surface area contributed by atoms with Gasteiger partial charge in [0.05, 0.1) is 37.6 Å². The Morgan fingerprint density at radius 3 is 2.54 bits per heavy atom. The summed E-state index contributed by atoms with van der Waals surface area (Å²) in [6.07, 6.45) is 1.38. The highest BCUT2D eigenvalue weighted by molar-refractivity contribution is 7.22. The second kappa shape index (κ2) is 11.4. The summed E-state index contributed by atoms with van der Waals surface area (Å²) in [7, 11) is 3.12. The van der Waals surface area contributed by atoms with Gasteiger partial charge in [-0.1, -0.05) is 11.3 Å². The summed E-state index contributed by atoms with van der Waals surface area (Å²) < 4.78 is 17.0. The lowest BCUT2D eigenvalue weighted by Crippen LogP contribution is -2.41. The molecular formula is C25H30N4O5S. The zero-order valence-electron chi connectivity index (χ0n) is 20.1. The fourth-order valence-corrected chi connectivity index (χ4v) is 4.99. The minimum absolute atomic E-state index is 0.0245. The number of carbonyl (C=O) groups is 2. The Bertz CT molecular complexity index is 1190. The van der Waals surface area contributed by atoms with Crippen LogP contribution >= 0.6 is 11.3 Å². The number of hydrogen-bond donors (Lipinski definition) is 2. The average molecular weight is 499 g/mol. The number of hydrogen-bond acceptors (Lipinski definition) is 8.